The van der Waals surface area contributed by atoms with E-state index in [1.807, 2.05) is 0 Å². The summed E-state index contributed by atoms with van der Waals surface area (Å²) in [6.45, 7) is 1.56. The van der Waals surface area contributed by atoms with Gasteiger partial charge < -0.3 is 10.1 Å². The molecule has 0 radical (unpaired) electrons. The van der Waals surface area contributed by atoms with Gasteiger partial charge in [-0.25, -0.2) is 9.59 Å². The number of rotatable bonds is 2. The zero-order valence-electron chi connectivity index (χ0n) is 16.0. The van der Waals surface area contributed by atoms with Crippen LogP contribution in [0.3, 0.4) is 0 Å². The Hall–Kier alpha value is -3.30. The van der Waals surface area contributed by atoms with Crippen molar-refractivity contribution >= 4 is 11.8 Å². The van der Waals surface area contributed by atoms with E-state index in [-0.39, 0.29) is 22.5 Å². The van der Waals surface area contributed by atoms with Crippen LogP contribution in [-0.2, 0) is 29.8 Å². The molecule has 0 fully saturated rings. The van der Waals surface area contributed by atoms with Crippen molar-refractivity contribution in [2.75, 3.05) is 12.4 Å². The maximum absolute atomic E-state index is 13.0. The predicted octanol–water partition coefficient (Wildman–Crippen LogP) is 2.11. The van der Waals surface area contributed by atoms with Crippen LogP contribution in [0.5, 0.6) is 0 Å². The Labute approximate surface area is 163 Å². The fraction of sp³-hybridized carbons (Fsp3) is 0.316. The molecule has 1 aliphatic heterocycles. The van der Waals surface area contributed by atoms with E-state index >= 15 is 0 Å². The first-order valence-corrected chi connectivity index (χ1v) is 8.52. The predicted molar refractivity (Wildman–Crippen MR) is 98.5 cm³/mol. The van der Waals surface area contributed by atoms with Gasteiger partial charge in [-0.2, -0.15) is 13.2 Å². The summed E-state index contributed by atoms with van der Waals surface area (Å²) < 4.78 is 45.8. The third-order valence-corrected chi connectivity index (χ3v) is 4.96. The van der Waals surface area contributed by atoms with Gasteiger partial charge in [-0.3, -0.25) is 13.9 Å². The lowest BCUT2D eigenvalue weighted by Gasteiger charge is -2.30. The lowest BCUT2D eigenvalue weighted by molar-refractivity contribution is -0.138. The van der Waals surface area contributed by atoms with Crippen LogP contribution in [0, 0.1) is 0 Å². The van der Waals surface area contributed by atoms with Gasteiger partial charge in [0.2, 0.25) is 0 Å². The van der Waals surface area contributed by atoms with E-state index in [1.54, 1.807) is 6.92 Å². The molecule has 1 N–H and O–H groups in total. The van der Waals surface area contributed by atoms with Crippen LogP contribution in [0.1, 0.15) is 29.5 Å². The minimum Gasteiger partial charge on any atom is -0.466 e. The van der Waals surface area contributed by atoms with E-state index in [9.17, 15) is 27.6 Å². The summed E-state index contributed by atoms with van der Waals surface area (Å²) in [5.41, 5.74) is -1.33. The summed E-state index contributed by atoms with van der Waals surface area (Å²) in [5, 5.41) is 2.89. The number of esters is 1. The summed E-state index contributed by atoms with van der Waals surface area (Å²) in [6, 6.07) is 4.19. The van der Waals surface area contributed by atoms with Crippen molar-refractivity contribution in [2.24, 2.45) is 14.1 Å². The molecule has 1 aromatic carbocycles. The zero-order chi connectivity index (χ0) is 21.7. The topological polar surface area (TPSA) is 82.3 Å². The lowest BCUT2D eigenvalue weighted by atomic mass is 9.82. The van der Waals surface area contributed by atoms with Crippen LogP contribution in [0.4, 0.5) is 19.0 Å². The highest BCUT2D eigenvalue weighted by Gasteiger charge is 2.38. The monoisotopic (exact) mass is 409 g/mol. The number of alkyl halides is 3. The summed E-state index contributed by atoms with van der Waals surface area (Å²) in [5.74, 6) is -1.57. The summed E-state index contributed by atoms with van der Waals surface area (Å²) >= 11 is 0. The maximum Gasteiger partial charge on any atom is 0.416 e. The molecule has 1 aliphatic rings. The highest BCUT2D eigenvalue weighted by Crippen LogP contribution is 2.40. The van der Waals surface area contributed by atoms with Gasteiger partial charge >= 0.3 is 17.8 Å². The molecule has 0 amide bonds. The fourth-order valence-corrected chi connectivity index (χ4v) is 3.47. The van der Waals surface area contributed by atoms with Gasteiger partial charge in [-0.15, -0.1) is 0 Å². The van der Waals surface area contributed by atoms with Crippen molar-refractivity contribution in [2.45, 2.75) is 19.0 Å². The van der Waals surface area contributed by atoms with E-state index < -0.39 is 34.9 Å². The molecular formula is C19H18F3N3O4. The number of methoxy groups -OCH3 is 1. The number of anilines is 1. The van der Waals surface area contributed by atoms with Crippen molar-refractivity contribution in [1.82, 2.24) is 9.13 Å². The molecule has 7 nitrogen and oxygen atoms in total. The van der Waals surface area contributed by atoms with Gasteiger partial charge in [-0.05, 0) is 24.6 Å². The maximum atomic E-state index is 13.0. The number of ether oxygens (including phenoxy) is 1. The van der Waals surface area contributed by atoms with E-state index in [2.05, 4.69) is 5.32 Å². The SMILES string of the molecule is COC(=O)C1=C(C)Nc2c(c(=O)n(C)c(=O)n2C)C1c1ccc(C(F)(F)F)cc1. The highest BCUT2D eigenvalue weighted by molar-refractivity contribution is 5.94. The number of fused-ring (bicyclic) bond motifs is 1. The van der Waals surface area contributed by atoms with Gasteiger partial charge in [0.25, 0.3) is 5.56 Å². The molecule has 10 heteroatoms. The highest BCUT2D eigenvalue weighted by atomic mass is 19.4. The van der Waals surface area contributed by atoms with Crippen LogP contribution in [0.25, 0.3) is 0 Å². The van der Waals surface area contributed by atoms with Crippen molar-refractivity contribution in [3.63, 3.8) is 0 Å². The smallest absolute Gasteiger partial charge is 0.416 e. The molecule has 1 atom stereocenters. The van der Waals surface area contributed by atoms with Crippen molar-refractivity contribution in [3.8, 4) is 0 Å². The molecule has 0 spiro atoms. The molecule has 154 valence electrons. The number of nitrogens with zero attached hydrogens (tertiary/aromatic N) is 2. The number of carbonyl (C=O) groups excluding carboxylic acids is 1. The van der Waals surface area contributed by atoms with Crippen molar-refractivity contribution in [1.29, 1.82) is 0 Å². The number of halogens is 3. The summed E-state index contributed by atoms with van der Waals surface area (Å²) in [4.78, 5) is 37.7. The third kappa shape index (κ3) is 3.24. The Morgan fingerprint density at radius 2 is 1.69 bits per heavy atom. The Morgan fingerprint density at radius 1 is 1.10 bits per heavy atom. The van der Waals surface area contributed by atoms with Crippen molar-refractivity contribution < 1.29 is 22.7 Å². The first kappa shape index (κ1) is 20.4. The molecule has 1 unspecified atom stereocenters. The van der Waals surface area contributed by atoms with Crippen LogP contribution in [0.2, 0.25) is 0 Å². The molecule has 0 saturated carbocycles. The first-order chi connectivity index (χ1) is 13.5. The second-order valence-electron chi connectivity index (χ2n) is 6.68. The quantitative estimate of drug-likeness (QED) is 0.769. The van der Waals surface area contributed by atoms with Crippen LogP contribution < -0.4 is 16.6 Å². The molecular weight excluding hydrogens is 391 g/mol. The van der Waals surface area contributed by atoms with Crippen LogP contribution in [-0.4, -0.2) is 22.2 Å². The van der Waals surface area contributed by atoms with Gasteiger partial charge in [0.15, 0.2) is 0 Å². The zero-order valence-corrected chi connectivity index (χ0v) is 16.0. The van der Waals surface area contributed by atoms with Gasteiger partial charge in [0.1, 0.15) is 5.82 Å². The number of aromatic nitrogens is 2. The Kier molecular flexibility index (Phi) is 4.89. The average molecular weight is 409 g/mol. The lowest BCUT2D eigenvalue weighted by Crippen LogP contribution is -2.43. The number of hydrogen-bond acceptors (Lipinski definition) is 5. The molecule has 1 aromatic heterocycles. The second-order valence-corrected chi connectivity index (χ2v) is 6.68. The number of allylic oxidation sites excluding steroid dienone is 1. The Morgan fingerprint density at radius 3 is 2.21 bits per heavy atom. The first-order valence-electron chi connectivity index (χ1n) is 8.52. The Bertz CT molecular complexity index is 1140. The molecule has 2 aromatic rings. The number of nitrogens with one attached hydrogen (secondary N) is 1. The number of carbonyl (C=O) groups is 1. The van der Waals surface area contributed by atoms with E-state index in [0.29, 0.717) is 5.70 Å². The molecule has 0 bridgehead atoms. The third-order valence-electron chi connectivity index (χ3n) is 4.96. The number of benzene rings is 1. The minimum atomic E-state index is -4.53. The van der Waals surface area contributed by atoms with E-state index in [1.165, 1.54) is 37.9 Å². The van der Waals surface area contributed by atoms with E-state index in [4.69, 9.17) is 4.74 Å². The number of hydrogen-bond donors (Lipinski definition) is 1. The largest absolute Gasteiger partial charge is 0.466 e. The van der Waals surface area contributed by atoms with Crippen molar-refractivity contribution in [3.05, 3.63) is 73.1 Å². The Balaban J connectivity index is 2.34. The average Bonchev–Trinajstić information content (AvgIpc) is 2.68. The van der Waals surface area contributed by atoms with Crippen LogP contribution >= 0.6 is 0 Å². The minimum absolute atomic E-state index is 0.0698. The van der Waals surface area contributed by atoms with Crippen LogP contribution in [0.15, 0.2) is 45.1 Å². The van der Waals surface area contributed by atoms with Gasteiger partial charge in [-0.1, -0.05) is 12.1 Å². The molecule has 0 saturated heterocycles. The van der Waals surface area contributed by atoms with E-state index in [0.717, 1.165) is 16.7 Å². The second kappa shape index (κ2) is 6.94. The summed E-state index contributed by atoms with van der Waals surface area (Å²) in [7, 11) is 3.91. The molecule has 0 aliphatic carbocycles. The summed E-state index contributed by atoms with van der Waals surface area (Å²) in [6.07, 6.45) is -4.53. The fourth-order valence-electron chi connectivity index (χ4n) is 3.47. The molecule has 29 heavy (non-hydrogen) atoms. The van der Waals surface area contributed by atoms with Gasteiger partial charge in [0.05, 0.1) is 29.7 Å². The standard InChI is InChI=1S/C19H18F3N3O4/c1-9-12(17(27)29-4)13(10-5-7-11(8-6-10)19(20,21)22)14-15(23-9)24(2)18(28)25(3)16(14)26/h5-8,13,23H,1-4H3. The van der Waals surface area contributed by atoms with Gasteiger partial charge in [0, 0.05) is 19.8 Å². The normalized spacial score (nSPS) is 16.3. The molecule has 2 heterocycles. The molecule has 3 rings (SSSR count).